The molecule has 0 radical (unpaired) electrons. The Morgan fingerprint density at radius 2 is 2.18 bits per heavy atom. The highest BCUT2D eigenvalue weighted by atomic mass is 16.6. The molecule has 4 N–H and O–H groups in total. The first-order valence-electron chi connectivity index (χ1n) is 7.83. The smallest absolute Gasteiger partial charge is 0.407 e. The van der Waals surface area contributed by atoms with Crippen LogP contribution in [-0.4, -0.2) is 41.5 Å². The van der Waals surface area contributed by atoms with Crippen molar-refractivity contribution in [2.75, 3.05) is 24.5 Å². The molecule has 0 aromatic carbocycles. The van der Waals surface area contributed by atoms with Crippen molar-refractivity contribution in [1.29, 1.82) is 0 Å². The van der Waals surface area contributed by atoms with Gasteiger partial charge in [-0.2, -0.15) is 5.10 Å². The number of nitrogens with two attached hydrogens (primary N) is 1. The van der Waals surface area contributed by atoms with Crippen LogP contribution < -0.4 is 16.0 Å². The summed E-state index contributed by atoms with van der Waals surface area (Å²) in [6.45, 7) is 8.63. The summed E-state index contributed by atoms with van der Waals surface area (Å²) in [5, 5.41) is 9.95. The van der Waals surface area contributed by atoms with Gasteiger partial charge in [0.15, 0.2) is 0 Å². The first-order chi connectivity index (χ1) is 10.4. The molecule has 0 aliphatic carbocycles. The van der Waals surface area contributed by atoms with Gasteiger partial charge in [0.1, 0.15) is 11.4 Å². The van der Waals surface area contributed by atoms with E-state index < -0.39 is 5.60 Å². The number of aromatic nitrogens is 2. The molecule has 1 amide bonds. The third-order valence-corrected chi connectivity index (χ3v) is 3.78. The van der Waals surface area contributed by atoms with Crippen LogP contribution in [0.5, 0.6) is 0 Å². The molecular weight excluding hydrogens is 282 g/mol. The molecule has 1 aromatic heterocycles. The Morgan fingerprint density at radius 1 is 1.50 bits per heavy atom. The molecule has 7 heteroatoms. The second-order valence-electron chi connectivity index (χ2n) is 6.76. The highest BCUT2D eigenvalue weighted by Gasteiger charge is 2.23. The predicted octanol–water partition coefficient (Wildman–Crippen LogP) is 1.61. The molecule has 7 nitrogen and oxygen atoms in total. The Hall–Kier alpha value is -1.76. The minimum absolute atomic E-state index is 0.339. The van der Waals surface area contributed by atoms with Crippen molar-refractivity contribution in [3.05, 3.63) is 11.8 Å². The largest absolute Gasteiger partial charge is 0.444 e. The van der Waals surface area contributed by atoms with Crippen LogP contribution in [-0.2, 0) is 11.3 Å². The van der Waals surface area contributed by atoms with Gasteiger partial charge in [0, 0.05) is 31.7 Å². The summed E-state index contributed by atoms with van der Waals surface area (Å²) >= 11 is 0. The van der Waals surface area contributed by atoms with Crippen molar-refractivity contribution < 1.29 is 9.53 Å². The third-order valence-electron chi connectivity index (χ3n) is 3.78. The Morgan fingerprint density at radius 3 is 2.77 bits per heavy atom. The fourth-order valence-corrected chi connectivity index (χ4v) is 2.63. The van der Waals surface area contributed by atoms with Crippen molar-refractivity contribution in [2.24, 2.45) is 11.7 Å². The lowest BCUT2D eigenvalue weighted by atomic mass is 9.96. The van der Waals surface area contributed by atoms with Gasteiger partial charge in [-0.25, -0.2) is 4.79 Å². The molecule has 1 aliphatic heterocycles. The molecule has 22 heavy (non-hydrogen) atoms. The Labute approximate surface area is 131 Å². The molecule has 0 spiro atoms. The van der Waals surface area contributed by atoms with Crippen molar-refractivity contribution in [3.8, 4) is 0 Å². The quantitative estimate of drug-likeness (QED) is 0.785. The fraction of sp³-hybridized carbons (Fsp3) is 0.733. The number of piperidine rings is 1. The van der Waals surface area contributed by atoms with Crippen LogP contribution in [0.15, 0.2) is 6.20 Å². The number of hydrogen-bond acceptors (Lipinski definition) is 5. The van der Waals surface area contributed by atoms with E-state index in [1.807, 2.05) is 20.8 Å². The zero-order chi connectivity index (χ0) is 16.2. The zero-order valence-corrected chi connectivity index (χ0v) is 13.7. The molecule has 1 aromatic rings. The first kappa shape index (κ1) is 16.6. The number of alkyl carbamates (subject to hydrolysis) is 1. The monoisotopic (exact) mass is 309 g/mol. The number of aromatic amines is 1. The van der Waals surface area contributed by atoms with E-state index in [9.17, 15) is 4.79 Å². The lowest BCUT2D eigenvalue weighted by molar-refractivity contribution is 0.0517. The van der Waals surface area contributed by atoms with E-state index in [-0.39, 0.29) is 6.09 Å². The van der Waals surface area contributed by atoms with Crippen molar-refractivity contribution >= 4 is 11.9 Å². The molecular formula is C15H27N5O2. The molecule has 0 saturated carbocycles. The molecule has 1 aliphatic rings. The summed E-state index contributed by atoms with van der Waals surface area (Å²) in [5.74, 6) is 1.51. The fourth-order valence-electron chi connectivity index (χ4n) is 2.63. The maximum Gasteiger partial charge on any atom is 0.407 e. The van der Waals surface area contributed by atoms with E-state index in [1.165, 1.54) is 0 Å². The van der Waals surface area contributed by atoms with Crippen LogP contribution in [0.1, 0.15) is 39.2 Å². The standard InChI is InChI=1S/C15H27N5O2/c1-15(2,3)22-14(21)17-9-11-4-6-20(7-5-11)13-12(8-16)10-18-19-13/h10-11H,4-9,16H2,1-3H3,(H,17,21)(H,18,19). The van der Waals surface area contributed by atoms with E-state index in [1.54, 1.807) is 6.20 Å². The molecule has 124 valence electrons. The Kier molecular flexibility index (Phi) is 5.28. The van der Waals surface area contributed by atoms with E-state index >= 15 is 0 Å². The van der Waals surface area contributed by atoms with Gasteiger partial charge in [0.05, 0.1) is 6.20 Å². The average Bonchev–Trinajstić information content (AvgIpc) is 2.92. The first-order valence-corrected chi connectivity index (χ1v) is 7.83. The van der Waals surface area contributed by atoms with Gasteiger partial charge >= 0.3 is 6.09 Å². The van der Waals surface area contributed by atoms with Gasteiger partial charge in [0.2, 0.25) is 0 Å². The number of amides is 1. The Balaban J connectivity index is 1.75. The predicted molar refractivity (Wildman–Crippen MR) is 85.7 cm³/mol. The second kappa shape index (κ2) is 7.00. The molecule has 2 heterocycles. The van der Waals surface area contributed by atoms with E-state index in [4.69, 9.17) is 10.5 Å². The number of nitrogens with one attached hydrogen (secondary N) is 2. The topological polar surface area (TPSA) is 96.3 Å². The maximum atomic E-state index is 11.7. The van der Waals surface area contributed by atoms with Crippen LogP contribution >= 0.6 is 0 Å². The van der Waals surface area contributed by atoms with Gasteiger partial charge < -0.3 is 20.7 Å². The van der Waals surface area contributed by atoms with Crippen molar-refractivity contribution in [1.82, 2.24) is 15.5 Å². The molecule has 2 rings (SSSR count). The third kappa shape index (κ3) is 4.62. The van der Waals surface area contributed by atoms with Gasteiger partial charge in [-0.1, -0.05) is 0 Å². The number of nitrogens with zero attached hydrogens (tertiary/aromatic N) is 2. The minimum Gasteiger partial charge on any atom is -0.444 e. The van der Waals surface area contributed by atoms with Gasteiger partial charge in [-0.05, 0) is 39.5 Å². The number of carbonyl (C=O) groups excluding carboxylic acids is 1. The average molecular weight is 309 g/mol. The maximum absolute atomic E-state index is 11.7. The molecule has 1 fully saturated rings. The summed E-state index contributed by atoms with van der Waals surface area (Å²) in [4.78, 5) is 13.9. The van der Waals surface area contributed by atoms with E-state index in [2.05, 4.69) is 20.4 Å². The molecule has 0 unspecified atom stereocenters. The number of rotatable bonds is 4. The molecule has 1 saturated heterocycles. The van der Waals surface area contributed by atoms with Crippen LogP contribution in [0.4, 0.5) is 10.6 Å². The summed E-state index contributed by atoms with van der Waals surface area (Å²) in [6.07, 6.45) is 3.50. The molecule has 0 bridgehead atoms. The summed E-state index contributed by atoms with van der Waals surface area (Å²) in [5.41, 5.74) is 6.31. The summed E-state index contributed by atoms with van der Waals surface area (Å²) in [6, 6.07) is 0. The van der Waals surface area contributed by atoms with Crippen LogP contribution in [0, 0.1) is 5.92 Å². The SMILES string of the molecule is CC(C)(C)OC(=O)NCC1CCN(c2[nH]ncc2CN)CC1. The van der Waals surface area contributed by atoms with Gasteiger partial charge in [0.25, 0.3) is 0 Å². The Bertz CT molecular complexity index is 486. The lowest BCUT2D eigenvalue weighted by Crippen LogP contribution is -2.40. The number of H-pyrrole nitrogens is 1. The zero-order valence-electron chi connectivity index (χ0n) is 13.7. The van der Waals surface area contributed by atoms with Crippen molar-refractivity contribution in [2.45, 2.75) is 45.8 Å². The van der Waals surface area contributed by atoms with Crippen molar-refractivity contribution in [3.63, 3.8) is 0 Å². The number of ether oxygens (including phenoxy) is 1. The van der Waals surface area contributed by atoms with Crippen LogP contribution in [0.25, 0.3) is 0 Å². The van der Waals surface area contributed by atoms with Crippen LogP contribution in [0.3, 0.4) is 0 Å². The highest BCUT2D eigenvalue weighted by Crippen LogP contribution is 2.23. The van der Waals surface area contributed by atoms with E-state index in [0.29, 0.717) is 19.0 Å². The normalized spacial score (nSPS) is 16.6. The lowest BCUT2D eigenvalue weighted by Gasteiger charge is -2.33. The molecule has 0 atom stereocenters. The second-order valence-corrected chi connectivity index (χ2v) is 6.76. The van der Waals surface area contributed by atoms with E-state index in [0.717, 1.165) is 37.3 Å². The minimum atomic E-state index is -0.452. The number of anilines is 1. The van der Waals surface area contributed by atoms with Gasteiger partial charge in [-0.3, -0.25) is 5.10 Å². The number of carbonyl (C=O) groups is 1. The highest BCUT2D eigenvalue weighted by molar-refractivity contribution is 5.67. The van der Waals surface area contributed by atoms with Gasteiger partial charge in [-0.15, -0.1) is 0 Å². The number of hydrogen-bond donors (Lipinski definition) is 3. The van der Waals surface area contributed by atoms with Crippen LogP contribution in [0.2, 0.25) is 0 Å². The summed E-state index contributed by atoms with van der Waals surface area (Å²) < 4.78 is 5.25. The summed E-state index contributed by atoms with van der Waals surface area (Å²) in [7, 11) is 0.